The number of nitrogens with zero attached hydrogens (tertiary/aromatic N) is 3. The molecule has 1 aliphatic rings. The summed E-state index contributed by atoms with van der Waals surface area (Å²) >= 11 is 0. The Balaban J connectivity index is -0.000000153. The van der Waals surface area contributed by atoms with Crippen molar-refractivity contribution >= 4 is 0 Å². The molecule has 0 aromatic carbocycles. The molecule has 1 atom stereocenters. The zero-order valence-electron chi connectivity index (χ0n) is 16.6. The van der Waals surface area contributed by atoms with Crippen molar-refractivity contribution in [2.75, 3.05) is 33.7 Å². The fourth-order valence-corrected chi connectivity index (χ4v) is 1.42. The zero-order valence-corrected chi connectivity index (χ0v) is 18.2. The molecule has 0 N–H and O–H groups in total. The molecule has 0 spiro atoms. The van der Waals surface area contributed by atoms with Crippen molar-refractivity contribution in [1.29, 1.82) is 0 Å². The first kappa shape index (κ1) is 30.9. The Hall–Kier alpha value is 0.0743. The van der Waals surface area contributed by atoms with Crippen LogP contribution in [0.5, 0.6) is 0 Å². The van der Waals surface area contributed by atoms with Crippen LogP contribution in [0.2, 0.25) is 0 Å². The summed E-state index contributed by atoms with van der Waals surface area (Å²) in [6.45, 7) is 11.3. The molecule has 0 saturated heterocycles. The normalized spacial score (nSPS) is 12.5. The maximum absolute atomic E-state index is 4.56. The van der Waals surface area contributed by atoms with Crippen LogP contribution >= 0.6 is 0 Å². The minimum absolute atomic E-state index is 0. The Kier molecular flexibility index (Phi) is 36.2. The molecule has 0 aromatic rings. The van der Waals surface area contributed by atoms with Crippen molar-refractivity contribution in [2.24, 2.45) is 0 Å². The van der Waals surface area contributed by atoms with Crippen LogP contribution in [0.25, 0.3) is 16.0 Å². The van der Waals surface area contributed by atoms with Gasteiger partial charge in [0.25, 0.3) is 0 Å². The molecule has 1 unspecified atom stereocenters. The summed E-state index contributed by atoms with van der Waals surface area (Å²) in [4.78, 5) is 0. The number of allylic oxidation sites excluding steroid dienone is 4. The van der Waals surface area contributed by atoms with Gasteiger partial charge in [-0.05, 0) is 12.8 Å². The molecule has 23 heavy (non-hydrogen) atoms. The maximum Gasteiger partial charge on any atom is 4.00 e. The van der Waals surface area contributed by atoms with Gasteiger partial charge in [-0.2, -0.15) is 27.2 Å². The summed E-state index contributed by atoms with van der Waals surface area (Å²) in [7, 11) is 3.61. The standard InChI is InChI=1S/C12H20N.2C3H8N.CH3.Ti/c1-3-11(2)13-10-6-9-12-7-4-5-8-12;2*1-3-4-2;;/h4-5,7,11H,3,6,8-10H2,1-2H3;2*3H2,1-2H3;1H3;/q4*-1;+4. The average molecular weight is 357 g/mol. The van der Waals surface area contributed by atoms with Gasteiger partial charge in [-0.15, -0.1) is 12.6 Å². The van der Waals surface area contributed by atoms with Gasteiger partial charge < -0.3 is 23.4 Å². The van der Waals surface area contributed by atoms with Gasteiger partial charge in [-0.1, -0.05) is 64.3 Å². The Morgan fingerprint density at radius 1 is 1.09 bits per heavy atom. The van der Waals surface area contributed by atoms with Gasteiger partial charge in [-0.25, -0.2) is 0 Å². The minimum atomic E-state index is 0. The summed E-state index contributed by atoms with van der Waals surface area (Å²) in [5.41, 5.74) is 1.57. The van der Waals surface area contributed by atoms with E-state index in [4.69, 9.17) is 0 Å². The van der Waals surface area contributed by atoms with Gasteiger partial charge in [0.2, 0.25) is 0 Å². The first-order valence-corrected chi connectivity index (χ1v) is 8.28. The molecule has 0 fully saturated rings. The quantitative estimate of drug-likeness (QED) is 0.278. The van der Waals surface area contributed by atoms with E-state index in [1.807, 2.05) is 13.8 Å². The van der Waals surface area contributed by atoms with E-state index in [0.29, 0.717) is 6.04 Å². The van der Waals surface area contributed by atoms with Crippen molar-refractivity contribution in [3.8, 4) is 0 Å². The van der Waals surface area contributed by atoms with E-state index in [0.717, 1.165) is 19.6 Å². The van der Waals surface area contributed by atoms with Crippen molar-refractivity contribution in [1.82, 2.24) is 0 Å². The Morgan fingerprint density at radius 3 is 1.96 bits per heavy atom. The fraction of sp³-hybridized carbons (Fsp3) is 0.737. The molecular weight excluding hydrogens is 318 g/mol. The van der Waals surface area contributed by atoms with Gasteiger partial charge in [0.15, 0.2) is 0 Å². The average Bonchev–Trinajstić information content (AvgIpc) is 3.05. The second-order valence-electron chi connectivity index (χ2n) is 4.99. The minimum Gasteiger partial charge on any atom is -0.665 e. The van der Waals surface area contributed by atoms with Crippen LogP contribution in [0.4, 0.5) is 0 Å². The second-order valence-corrected chi connectivity index (χ2v) is 4.99. The zero-order chi connectivity index (χ0) is 16.3. The first-order chi connectivity index (χ1) is 10.2. The van der Waals surface area contributed by atoms with Gasteiger partial charge in [-0.3, -0.25) is 0 Å². The number of rotatable bonds is 8. The molecule has 1 aliphatic carbocycles. The van der Waals surface area contributed by atoms with Crippen LogP contribution in [0.1, 0.15) is 53.4 Å². The molecule has 1 rings (SSSR count). The third-order valence-corrected chi connectivity index (χ3v) is 3.17. The van der Waals surface area contributed by atoms with Gasteiger partial charge in [0, 0.05) is 0 Å². The summed E-state index contributed by atoms with van der Waals surface area (Å²) in [5.74, 6) is 0. The van der Waals surface area contributed by atoms with Crippen LogP contribution in [0.3, 0.4) is 0 Å². The molecule has 0 aliphatic heterocycles. The number of hydrogen-bond donors (Lipinski definition) is 0. The SMILES string of the molecule is CCC(C)[N-]CCCC1=CC=CC1.CC[N-]C.CC[N-]C.[CH3-].[Ti+4]. The molecule has 0 heterocycles. The van der Waals surface area contributed by atoms with E-state index in [2.05, 4.69) is 48.0 Å². The molecule has 0 bridgehead atoms. The van der Waals surface area contributed by atoms with Crippen molar-refractivity contribution in [3.05, 3.63) is 47.2 Å². The van der Waals surface area contributed by atoms with E-state index in [9.17, 15) is 0 Å². The third-order valence-electron chi connectivity index (χ3n) is 3.17. The topological polar surface area (TPSA) is 42.3 Å². The molecular formula is C19H39N3Ti. The molecule has 0 radical (unpaired) electrons. The second kappa shape index (κ2) is 26.9. The van der Waals surface area contributed by atoms with Crippen LogP contribution in [0, 0.1) is 7.43 Å². The molecule has 3 nitrogen and oxygen atoms in total. The summed E-state index contributed by atoms with van der Waals surface area (Å²) in [6.07, 6.45) is 11.4. The van der Waals surface area contributed by atoms with Crippen LogP contribution in [-0.4, -0.2) is 39.8 Å². The van der Waals surface area contributed by atoms with Crippen LogP contribution in [0.15, 0.2) is 23.8 Å². The van der Waals surface area contributed by atoms with Crippen molar-refractivity contribution in [3.63, 3.8) is 0 Å². The van der Waals surface area contributed by atoms with Crippen LogP contribution in [-0.2, 0) is 21.7 Å². The van der Waals surface area contributed by atoms with Gasteiger partial charge >= 0.3 is 21.7 Å². The predicted molar refractivity (Wildman–Crippen MR) is 105 cm³/mol. The Morgan fingerprint density at radius 2 is 1.61 bits per heavy atom. The largest absolute Gasteiger partial charge is 4.00 e. The monoisotopic (exact) mass is 357 g/mol. The van der Waals surface area contributed by atoms with E-state index < -0.39 is 0 Å². The maximum atomic E-state index is 4.56. The van der Waals surface area contributed by atoms with Gasteiger partial charge in [0.1, 0.15) is 0 Å². The summed E-state index contributed by atoms with van der Waals surface area (Å²) < 4.78 is 0. The first-order valence-electron chi connectivity index (χ1n) is 8.28. The molecule has 4 heteroatoms. The molecule has 134 valence electrons. The molecule has 0 aromatic heterocycles. The Bertz CT molecular complexity index is 245. The van der Waals surface area contributed by atoms with E-state index >= 15 is 0 Å². The summed E-state index contributed by atoms with van der Waals surface area (Å²) in [6, 6.07) is 0.552. The molecule has 0 saturated carbocycles. The summed E-state index contributed by atoms with van der Waals surface area (Å²) in [5, 5.41) is 12.0. The smallest absolute Gasteiger partial charge is 0.665 e. The van der Waals surface area contributed by atoms with E-state index in [1.165, 1.54) is 25.7 Å². The fourth-order valence-electron chi connectivity index (χ4n) is 1.42. The van der Waals surface area contributed by atoms with Gasteiger partial charge in [0.05, 0.1) is 0 Å². The Labute approximate surface area is 162 Å². The van der Waals surface area contributed by atoms with E-state index in [1.54, 1.807) is 19.7 Å². The third kappa shape index (κ3) is 27.2. The van der Waals surface area contributed by atoms with Crippen molar-refractivity contribution < 1.29 is 21.7 Å². The molecule has 0 amide bonds. The predicted octanol–water partition coefficient (Wildman–Crippen LogP) is 6.29. The van der Waals surface area contributed by atoms with Crippen molar-refractivity contribution in [2.45, 2.75) is 59.4 Å². The van der Waals surface area contributed by atoms with E-state index in [-0.39, 0.29) is 29.1 Å². The number of hydrogen-bond acceptors (Lipinski definition) is 0. The van der Waals surface area contributed by atoms with Crippen LogP contribution < -0.4 is 0 Å².